The zero-order valence-corrected chi connectivity index (χ0v) is 17.6. The van der Waals surface area contributed by atoms with Crippen molar-refractivity contribution in [3.63, 3.8) is 0 Å². The summed E-state index contributed by atoms with van der Waals surface area (Å²) in [6, 6.07) is 8.83. The van der Waals surface area contributed by atoms with Crippen molar-refractivity contribution in [3.05, 3.63) is 52.6 Å². The minimum atomic E-state index is -3.69. The minimum absolute atomic E-state index is 0.219. The van der Waals surface area contributed by atoms with Crippen LogP contribution in [0.5, 0.6) is 0 Å². The highest BCUT2D eigenvalue weighted by Gasteiger charge is 2.28. The summed E-state index contributed by atoms with van der Waals surface area (Å²) in [7, 11) is -3.69. The largest absolute Gasteiger partial charge is 0.391 e. The van der Waals surface area contributed by atoms with Gasteiger partial charge in [-0.05, 0) is 66.6 Å². The van der Waals surface area contributed by atoms with Gasteiger partial charge < -0.3 is 10.8 Å². The van der Waals surface area contributed by atoms with E-state index in [-0.39, 0.29) is 4.90 Å². The molecule has 1 fully saturated rings. The molecule has 2 atom stereocenters. The van der Waals surface area contributed by atoms with Crippen LogP contribution in [0.2, 0.25) is 0 Å². The first-order valence-electron chi connectivity index (χ1n) is 10.0. The third-order valence-corrected chi connectivity index (χ3v) is 7.55. The fourth-order valence-corrected chi connectivity index (χ4v) is 5.81. The third kappa shape index (κ3) is 3.70. The summed E-state index contributed by atoms with van der Waals surface area (Å²) >= 11 is 0. The summed E-state index contributed by atoms with van der Waals surface area (Å²) in [6.07, 6.45) is 2.53. The SMILES string of the molecule is Cc1cc(S(=O)(=O)N[C@@H]2CCCC[C@@H]2O)ccc1-c1ccc2c(c1C)C(N)=NC2. The number of hydrogen-bond acceptors (Lipinski definition) is 5. The molecule has 29 heavy (non-hydrogen) atoms. The quantitative estimate of drug-likeness (QED) is 0.717. The summed E-state index contributed by atoms with van der Waals surface area (Å²) in [5.74, 6) is 0.562. The van der Waals surface area contributed by atoms with E-state index in [0.29, 0.717) is 25.2 Å². The summed E-state index contributed by atoms with van der Waals surface area (Å²) < 4.78 is 28.4. The second kappa shape index (κ2) is 7.55. The Hall–Kier alpha value is -2.22. The molecule has 6 nitrogen and oxygen atoms in total. The number of amidine groups is 1. The topological polar surface area (TPSA) is 105 Å². The van der Waals surface area contributed by atoms with E-state index in [1.165, 1.54) is 0 Å². The molecule has 154 valence electrons. The van der Waals surface area contributed by atoms with Gasteiger partial charge in [-0.3, -0.25) is 4.99 Å². The number of nitrogens with zero attached hydrogens (tertiary/aromatic N) is 1. The Labute approximate surface area is 171 Å². The highest BCUT2D eigenvalue weighted by molar-refractivity contribution is 7.89. The molecular weight excluding hydrogens is 386 g/mol. The standard InChI is InChI=1S/C22H27N3O3S/c1-13-11-16(29(27,28)25-19-5-3-4-6-20(19)26)8-10-17(13)18-9-7-15-12-24-22(23)21(15)14(18)2/h7-11,19-20,25-26H,3-6,12H2,1-2H3,(H2,23,24)/t19-,20+/m1/s1. The van der Waals surface area contributed by atoms with Crippen molar-refractivity contribution >= 4 is 15.9 Å². The molecule has 1 heterocycles. The zero-order valence-electron chi connectivity index (χ0n) is 16.8. The van der Waals surface area contributed by atoms with E-state index in [2.05, 4.69) is 15.8 Å². The highest BCUT2D eigenvalue weighted by atomic mass is 32.2. The number of aliphatic hydroxyl groups is 1. The summed E-state index contributed by atoms with van der Waals surface area (Å²) in [4.78, 5) is 4.54. The third-order valence-electron chi connectivity index (χ3n) is 6.06. The van der Waals surface area contributed by atoms with Gasteiger partial charge >= 0.3 is 0 Å². The van der Waals surface area contributed by atoms with Crippen LogP contribution in [-0.2, 0) is 16.6 Å². The highest BCUT2D eigenvalue weighted by Crippen LogP contribution is 2.33. The lowest BCUT2D eigenvalue weighted by Crippen LogP contribution is -2.44. The number of nitrogens with two attached hydrogens (primary N) is 1. The lowest BCUT2D eigenvalue weighted by atomic mass is 9.91. The normalized spacial score (nSPS) is 21.7. The Balaban J connectivity index is 1.65. The first kappa shape index (κ1) is 20.1. The molecule has 1 aliphatic heterocycles. The van der Waals surface area contributed by atoms with Crippen LogP contribution < -0.4 is 10.5 Å². The Morgan fingerprint density at radius 3 is 2.55 bits per heavy atom. The van der Waals surface area contributed by atoms with Crippen LogP contribution in [0.1, 0.15) is 47.9 Å². The molecule has 0 aromatic heterocycles. The molecule has 0 radical (unpaired) electrons. The van der Waals surface area contributed by atoms with Gasteiger partial charge in [0.15, 0.2) is 0 Å². The van der Waals surface area contributed by atoms with E-state index < -0.39 is 22.2 Å². The van der Waals surface area contributed by atoms with Gasteiger partial charge in [-0.1, -0.05) is 31.0 Å². The molecule has 0 amide bonds. The second-order valence-electron chi connectivity index (χ2n) is 8.03. The van der Waals surface area contributed by atoms with Crippen molar-refractivity contribution in [1.29, 1.82) is 0 Å². The molecule has 0 saturated heterocycles. The van der Waals surface area contributed by atoms with Crippen molar-refractivity contribution in [3.8, 4) is 11.1 Å². The maximum absolute atomic E-state index is 12.9. The number of fused-ring (bicyclic) bond motifs is 1. The van der Waals surface area contributed by atoms with Crippen molar-refractivity contribution in [2.45, 2.75) is 63.1 Å². The van der Waals surface area contributed by atoms with Crippen molar-refractivity contribution in [2.75, 3.05) is 0 Å². The van der Waals surface area contributed by atoms with E-state index in [4.69, 9.17) is 5.73 Å². The van der Waals surface area contributed by atoms with E-state index in [1.54, 1.807) is 12.1 Å². The van der Waals surface area contributed by atoms with E-state index in [0.717, 1.165) is 46.2 Å². The molecule has 7 heteroatoms. The van der Waals surface area contributed by atoms with E-state index >= 15 is 0 Å². The predicted molar refractivity (Wildman–Crippen MR) is 114 cm³/mol. The van der Waals surface area contributed by atoms with Gasteiger partial charge in [-0.2, -0.15) is 0 Å². The molecule has 2 aromatic carbocycles. The van der Waals surface area contributed by atoms with Crippen LogP contribution in [0, 0.1) is 13.8 Å². The molecule has 4 rings (SSSR count). The lowest BCUT2D eigenvalue weighted by Gasteiger charge is -2.28. The van der Waals surface area contributed by atoms with Crippen LogP contribution in [0.15, 0.2) is 40.2 Å². The van der Waals surface area contributed by atoms with Crippen LogP contribution in [0.3, 0.4) is 0 Å². The van der Waals surface area contributed by atoms with Crippen LogP contribution in [0.4, 0.5) is 0 Å². The second-order valence-corrected chi connectivity index (χ2v) is 9.74. The average Bonchev–Trinajstić information content (AvgIpc) is 3.06. The number of nitrogens with one attached hydrogen (secondary N) is 1. The smallest absolute Gasteiger partial charge is 0.240 e. The van der Waals surface area contributed by atoms with Gasteiger partial charge in [0, 0.05) is 11.6 Å². The Kier molecular flexibility index (Phi) is 5.23. The van der Waals surface area contributed by atoms with Gasteiger partial charge in [0.25, 0.3) is 0 Å². The number of aliphatic hydroxyl groups excluding tert-OH is 1. The van der Waals surface area contributed by atoms with Gasteiger partial charge in [0.2, 0.25) is 10.0 Å². The van der Waals surface area contributed by atoms with Crippen molar-refractivity contribution in [1.82, 2.24) is 4.72 Å². The molecule has 0 spiro atoms. The van der Waals surface area contributed by atoms with Crippen LogP contribution in [-0.4, -0.2) is 31.5 Å². The van der Waals surface area contributed by atoms with Crippen molar-refractivity contribution in [2.24, 2.45) is 10.7 Å². The Bertz CT molecular complexity index is 1090. The molecular formula is C22H27N3O3S. The molecule has 4 N–H and O–H groups in total. The first-order valence-corrected chi connectivity index (χ1v) is 11.5. The molecule has 2 aromatic rings. The number of hydrogen-bond donors (Lipinski definition) is 3. The maximum Gasteiger partial charge on any atom is 0.240 e. The lowest BCUT2D eigenvalue weighted by molar-refractivity contribution is 0.101. The molecule has 1 saturated carbocycles. The van der Waals surface area contributed by atoms with Crippen molar-refractivity contribution < 1.29 is 13.5 Å². The zero-order chi connectivity index (χ0) is 20.8. The number of sulfonamides is 1. The predicted octanol–water partition coefficient (Wildman–Crippen LogP) is 2.77. The molecule has 0 bridgehead atoms. The number of rotatable bonds is 4. The number of benzene rings is 2. The minimum Gasteiger partial charge on any atom is -0.391 e. The monoisotopic (exact) mass is 413 g/mol. The van der Waals surface area contributed by atoms with Gasteiger partial charge in [-0.15, -0.1) is 0 Å². The van der Waals surface area contributed by atoms with E-state index in [1.807, 2.05) is 26.0 Å². The van der Waals surface area contributed by atoms with Gasteiger partial charge in [0.1, 0.15) is 5.84 Å². The number of aliphatic imine (C=N–C) groups is 1. The fraction of sp³-hybridized carbons (Fsp3) is 0.409. The molecule has 1 aliphatic carbocycles. The van der Waals surface area contributed by atoms with Crippen LogP contribution in [0.25, 0.3) is 11.1 Å². The Morgan fingerprint density at radius 2 is 1.83 bits per heavy atom. The first-order chi connectivity index (χ1) is 13.8. The van der Waals surface area contributed by atoms with Crippen LogP contribution >= 0.6 is 0 Å². The Morgan fingerprint density at radius 1 is 1.10 bits per heavy atom. The van der Waals surface area contributed by atoms with Gasteiger partial charge in [-0.25, -0.2) is 13.1 Å². The summed E-state index contributed by atoms with van der Waals surface area (Å²) in [5.41, 5.74) is 12.1. The fourth-order valence-electron chi connectivity index (χ4n) is 4.42. The summed E-state index contributed by atoms with van der Waals surface area (Å²) in [5, 5.41) is 10.1. The van der Waals surface area contributed by atoms with E-state index in [9.17, 15) is 13.5 Å². The molecule has 2 aliphatic rings. The molecule has 0 unspecified atom stereocenters. The van der Waals surface area contributed by atoms with Gasteiger partial charge in [0.05, 0.1) is 17.5 Å². The maximum atomic E-state index is 12.9. The summed E-state index contributed by atoms with van der Waals surface area (Å²) in [6.45, 7) is 4.54. The number of aryl methyl sites for hydroxylation is 1. The average molecular weight is 414 g/mol.